The lowest BCUT2D eigenvalue weighted by molar-refractivity contribution is -0.145. The van der Waals surface area contributed by atoms with Gasteiger partial charge in [0.05, 0.1) is 26.5 Å². The molecule has 4 heteroatoms. The van der Waals surface area contributed by atoms with Crippen LogP contribution in [0.3, 0.4) is 0 Å². The van der Waals surface area contributed by atoms with Crippen LogP contribution in [0.25, 0.3) is 0 Å². The van der Waals surface area contributed by atoms with Gasteiger partial charge in [-0.3, -0.25) is 4.79 Å². The minimum Gasteiger partial charge on any atom is -0.461 e. The number of esters is 1. The first-order chi connectivity index (χ1) is 10.0. The SMILES string of the molecule is C[Si](C)(CC(C#N)CC(=O)OCc1ccccc1)C1CC1. The summed E-state index contributed by atoms with van der Waals surface area (Å²) in [5, 5.41) is 9.29. The molecular weight excluding hydrogens is 278 g/mol. The second kappa shape index (κ2) is 6.90. The summed E-state index contributed by atoms with van der Waals surface area (Å²) in [4.78, 5) is 11.9. The fourth-order valence-corrected chi connectivity index (χ4v) is 6.40. The molecule has 112 valence electrons. The van der Waals surface area contributed by atoms with Gasteiger partial charge >= 0.3 is 5.97 Å². The maximum absolute atomic E-state index is 11.9. The zero-order chi connectivity index (χ0) is 15.3. The van der Waals surface area contributed by atoms with Gasteiger partial charge in [0, 0.05) is 0 Å². The Morgan fingerprint density at radius 1 is 1.38 bits per heavy atom. The van der Waals surface area contributed by atoms with E-state index in [9.17, 15) is 10.1 Å². The Kier molecular flexibility index (Phi) is 5.19. The number of carbonyl (C=O) groups excluding carboxylic acids is 1. The van der Waals surface area contributed by atoms with Gasteiger partial charge in [0.25, 0.3) is 0 Å². The van der Waals surface area contributed by atoms with Crippen LogP contribution < -0.4 is 0 Å². The summed E-state index contributed by atoms with van der Waals surface area (Å²) < 4.78 is 5.28. The molecule has 0 amide bonds. The molecule has 1 atom stereocenters. The molecule has 0 heterocycles. The highest BCUT2D eigenvalue weighted by atomic mass is 28.3. The number of nitrogens with zero attached hydrogens (tertiary/aromatic N) is 1. The number of ether oxygens (including phenoxy) is 1. The number of hydrogen-bond donors (Lipinski definition) is 0. The molecule has 1 aliphatic rings. The first-order valence-electron chi connectivity index (χ1n) is 7.60. The molecule has 1 aliphatic carbocycles. The van der Waals surface area contributed by atoms with Crippen LogP contribution in [0.4, 0.5) is 0 Å². The number of nitriles is 1. The van der Waals surface area contributed by atoms with Crippen LogP contribution in [0.2, 0.25) is 24.7 Å². The van der Waals surface area contributed by atoms with Crippen LogP contribution in [0, 0.1) is 17.2 Å². The van der Waals surface area contributed by atoms with Crippen molar-refractivity contribution in [1.29, 1.82) is 5.26 Å². The first-order valence-corrected chi connectivity index (χ1v) is 10.9. The molecule has 2 rings (SSSR count). The van der Waals surface area contributed by atoms with Crippen molar-refractivity contribution in [2.75, 3.05) is 0 Å². The monoisotopic (exact) mass is 301 g/mol. The summed E-state index contributed by atoms with van der Waals surface area (Å²) in [6.45, 7) is 4.97. The van der Waals surface area contributed by atoms with Crippen LogP contribution in [0.15, 0.2) is 30.3 Å². The van der Waals surface area contributed by atoms with Gasteiger partial charge in [-0.1, -0.05) is 56.3 Å². The van der Waals surface area contributed by atoms with E-state index >= 15 is 0 Å². The molecule has 1 aromatic carbocycles. The van der Waals surface area contributed by atoms with E-state index in [2.05, 4.69) is 19.2 Å². The summed E-state index contributed by atoms with van der Waals surface area (Å²) in [5.41, 5.74) is 1.83. The van der Waals surface area contributed by atoms with Crippen molar-refractivity contribution in [3.63, 3.8) is 0 Å². The van der Waals surface area contributed by atoms with Crippen molar-refractivity contribution < 1.29 is 9.53 Å². The molecule has 0 aromatic heterocycles. The molecule has 0 radical (unpaired) electrons. The highest BCUT2D eigenvalue weighted by Crippen LogP contribution is 2.48. The van der Waals surface area contributed by atoms with Crippen molar-refractivity contribution in [3.8, 4) is 6.07 Å². The van der Waals surface area contributed by atoms with Gasteiger partial charge in [0.1, 0.15) is 6.61 Å². The minimum atomic E-state index is -1.34. The number of rotatable bonds is 7. The van der Waals surface area contributed by atoms with E-state index < -0.39 is 8.07 Å². The smallest absolute Gasteiger partial charge is 0.307 e. The van der Waals surface area contributed by atoms with Gasteiger partial charge in [-0.25, -0.2) is 0 Å². The Hall–Kier alpha value is -1.60. The molecule has 1 saturated carbocycles. The van der Waals surface area contributed by atoms with Crippen LogP contribution in [-0.2, 0) is 16.1 Å². The molecule has 0 saturated heterocycles. The third-order valence-electron chi connectivity index (χ3n) is 4.29. The summed E-state index contributed by atoms with van der Waals surface area (Å²) in [5.74, 6) is -0.443. The van der Waals surface area contributed by atoms with Crippen molar-refractivity contribution >= 4 is 14.0 Å². The standard InChI is InChI=1S/C17H23NO2Si/c1-21(2,16-8-9-16)13-15(11-18)10-17(19)20-12-14-6-4-3-5-7-14/h3-7,15-16H,8-10,12-13H2,1-2H3. The predicted molar refractivity (Wildman–Crippen MR) is 85.2 cm³/mol. The number of hydrogen-bond acceptors (Lipinski definition) is 3. The summed E-state index contributed by atoms with van der Waals surface area (Å²) >= 11 is 0. The average molecular weight is 301 g/mol. The molecule has 0 N–H and O–H groups in total. The molecular formula is C17H23NO2Si. The second-order valence-electron chi connectivity index (χ2n) is 6.64. The van der Waals surface area contributed by atoms with E-state index in [-0.39, 0.29) is 18.3 Å². The fourth-order valence-electron chi connectivity index (χ4n) is 2.83. The third kappa shape index (κ3) is 5.02. The van der Waals surface area contributed by atoms with Crippen LogP contribution >= 0.6 is 0 Å². The van der Waals surface area contributed by atoms with E-state index in [0.717, 1.165) is 17.1 Å². The van der Waals surface area contributed by atoms with Crippen LogP contribution in [-0.4, -0.2) is 14.0 Å². The molecule has 0 aliphatic heterocycles. The topological polar surface area (TPSA) is 50.1 Å². The van der Waals surface area contributed by atoms with E-state index in [1.807, 2.05) is 30.3 Å². The molecule has 1 aromatic rings. The van der Waals surface area contributed by atoms with E-state index in [1.165, 1.54) is 12.8 Å². The van der Waals surface area contributed by atoms with Crippen molar-refractivity contribution in [2.45, 2.75) is 50.5 Å². The second-order valence-corrected chi connectivity index (χ2v) is 11.8. The van der Waals surface area contributed by atoms with E-state index in [0.29, 0.717) is 6.61 Å². The Labute approximate surface area is 127 Å². The van der Waals surface area contributed by atoms with Gasteiger partial charge in [0.2, 0.25) is 0 Å². The predicted octanol–water partition coefficient (Wildman–Crippen LogP) is 4.13. The van der Waals surface area contributed by atoms with Crippen LogP contribution in [0.5, 0.6) is 0 Å². The normalized spacial score (nSPS) is 16.0. The van der Waals surface area contributed by atoms with Gasteiger partial charge in [-0.15, -0.1) is 0 Å². The first kappa shape index (κ1) is 15.8. The Bertz CT molecular complexity index is 517. The van der Waals surface area contributed by atoms with E-state index in [4.69, 9.17) is 4.74 Å². The Morgan fingerprint density at radius 2 is 2.05 bits per heavy atom. The summed E-state index contributed by atoms with van der Waals surface area (Å²) in [6, 6.07) is 12.8. The zero-order valence-corrected chi connectivity index (χ0v) is 13.8. The maximum Gasteiger partial charge on any atom is 0.307 e. The fraction of sp³-hybridized carbons (Fsp3) is 0.529. The number of benzene rings is 1. The van der Waals surface area contributed by atoms with Gasteiger partial charge in [-0.2, -0.15) is 5.26 Å². The number of carbonyl (C=O) groups is 1. The quantitative estimate of drug-likeness (QED) is 0.562. The van der Waals surface area contributed by atoms with Crippen LogP contribution in [0.1, 0.15) is 24.8 Å². The van der Waals surface area contributed by atoms with Gasteiger partial charge in [-0.05, 0) is 17.1 Å². The Morgan fingerprint density at radius 3 is 2.62 bits per heavy atom. The Balaban J connectivity index is 1.78. The molecule has 21 heavy (non-hydrogen) atoms. The zero-order valence-electron chi connectivity index (χ0n) is 12.8. The van der Waals surface area contributed by atoms with Gasteiger partial charge < -0.3 is 4.74 Å². The molecule has 0 spiro atoms. The molecule has 1 fully saturated rings. The lowest BCUT2D eigenvalue weighted by atomic mass is 10.1. The lowest BCUT2D eigenvalue weighted by Gasteiger charge is -2.24. The largest absolute Gasteiger partial charge is 0.461 e. The highest BCUT2D eigenvalue weighted by molar-refractivity contribution is 6.79. The molecule has 1 unspecified atom stereocenters. The van der Waals surface area contributed by atoms with Crippen molar-refractivity contribution in [2.24, 2.45) is 5.92 Å². The minimum absolute atomic E-state index is 0.185. The third-order valence-corrected chi connectivity index (χ3v) is 8.63. The summed E-state index contributed by atoms with van der Waals surface area (Å²) in [7, 11) is -1.34. The maximum atomic E-state index is 11.9. The summed E-state index contributed by atoms with van der Waals surface area (Å²) in [6.07, 6.45) is 2.86. The average Bonchev–Trinajstić information content (AvgIpc) is 3.30. The molecule has 0 bridgehead atoms. The van der Waals surface area contributed by atoms with Crippen molar-refractivity contribution in [1.82, 2.24) is 0 Å². The lowest BCUT2D eigenvalue weighted by Crippen LogP contribution is -2.29. The van der Waals surface area contributed by atoms with Gasteiger partial charge in [0.15, 0.2) is 0 Å². The van der Waals surface area contributed by atoms with E-state index in [1.54, 1.807) is 0 Å². The molecule has 3 nitrogen and oxygen atoms in total. The van der Waals surface area contributed by atoms with Crippen molar-refractivity contribution in [3.05, 3.63) is 35.9 Å². The highest BCUT2D eigenvalue weighted by Gasteiger charge is 2.41.